The van der Waals surface area contributed by atoms with Crippen LogP contribution in [0.3, 0.4) is 0 Å². The third kappa shape index (κ3) is 3.78. The van der Waals surface area contributed by atoms with E-state index in [2.05, 4.69) is 17.0 Å². The zero-order valence-corrected chi connectivity index (χ0v) is 15.0. The van der Waals surface area contributed by atoms with Crippen LogP contribution in [0, 0.1) is 11.8 Å². The van der Waals surface area contributed by atoms with Crippen LogP contribution in [0.5, 0.6) is 5.75 Å². The summed E-state index contributed by atoms with van der Waals surface area (Å²) in [5.41, 5.74) is 1.45. The summed E-state index contributed by atoms with van der Waals surface area (Å²) in [6.45, 7) is 2.49. The fourth-order valence-corrected chi connectivity index (χ4v) is 4.87. The van der Waals surface area contributed by atoms with Crippen molar-refractivity contribution in [2.45, 2.75) is 31.0 Å². The van der Waals surface area contributed by atoms with Crippen LogP contribution in [0.15, 0.2) is 54.6 Å². The van der Waals surface area contributed by atoms with E-state index >= 15 is 0 Å². The second-order valence-electron chi connectivity index (χ2n) is 8.14. The number of aliphatic hydroxyl groups excluding tert-OH is 1. The number of fused-ring (bicyclic) bond motifs is 1. The fourth-order valence-electron chi connectivity index (χ4n) is 4.87. The zero-order chi connectivity index (χ0) is 18.1. The summed E-state index contributed by atoms with van der Waals surface area (Å²) in [7, 11) is 0. The van der Waals surface area contributed by atoms with E-state index in [1.54, 1.807) is 24.3 Å². The highest BCUT2D eigenvalue weighted by Crippen LogP contribution is 2.45. The topological polar surface area (TPSA) is 63.9 Å². The summed E-state index contributed by atoms with van der Waals surface area (Å²) in [6.07, 6.45) is 1.88. The zero-order valence-electron chi connectivity index (χ0n) is 15.0. The highest BCUT2D eigenvalue weighted by atomic mass is 16.3. The van der Waals surface area contributed by atoms with Crippen molar-refractivity contribution in [2.24, 2.45) is 11.8 Å². The van der Waals surface area contributed by atoms with Crippen LogP contribution in [0.4, 0.5) is 0 Å². The van der Waals surface area contributed by atoms with Crippen LogP contribution in [0.2, 0.25) is 0 Å². The Labute approximate surface area is 154 Å². The van der Waals surface area contributed by atoms with Gasteiger partial charge in [-0.1, -0.05) is 42.5 Å². The van der Waals surface area contributed by atoms with Crippen molar-refractivity contribution in [3.8, 4) is 5.75 Å². The Morgan fingerprint density at radius 1 is 0.962 bits per heavy atom. The quantitative estimate of drug-likeness (QED) is 0.773. The Morgan fingerprint density at radius 2 is 1.58 bits per heavy atom. The molecule has 4 heteroatoms. The number of aliphatic hydroxyl groups is 2. The van der Waals surface area contributed by atoms with Gasteiger partial charge < -0.3 is 15.3 Å². The maximum atomic E-state index is 11.0. The van der Waals surface area contributed by atoms with Gasteiger partial charge in [0, 0.05) is 26.1 Å². The minimum absolute atomic E-state index is 0.217. The Hall–Kier alpha value is -1.88. The monoisotopic (exact) mass is 353 g/mol. The molecule has 2 fully saturated rings. The third-order valence-corrected chi connectivity index (χ3v) is 6.02. The van der Waals surface area contributed by atoms with Crippen molar-refractivity contribution < 1.29 is 15.3 Å². The van der Waals surface area contributed by atoms with Gasteiger partial charge in [0.2, 0.25) is 0 Å². The summed E-state index contributed by atoms with van der Waals surface area (Å²) in [4.78, 5) is 2.31. The molecular weight excluding hydrogens is 326 g/mol. The Bertz CT molecular complexity index is 717. The van der Waals surface area contributed by atoms with Gasteiger partial charge in [0.1, 0.15) is 5.75 Å². The first kappa shape index (κ1) is 17.5. The Morgan fingerprint density at radius 3 is 2.19 bits per heavy atom. The summed E-state index contributed by atoms with van der Waals surface area (Å²) >= 11 is 0. The summed E-state index contributed by atoms with van der Waals surface area (Å²) < 4.78 is 0. The predicted molar refractivity (Wildman–Crippen MR) is 101 cm³/mol. The lowest BCUT2D eigenvalue weighted by molar-refractivity contribution is 0.0328. The van der Waals surface area contributed by atoms with Crippen LogP contribution >= 0.6 is 0 Å². The molecule has 0 aromatic heterocycles. The van der Waals surface area contributed by atoms with Gasteiger partial charge in [0.15, 0.2) is 0 Å². The molecule has 1 aliphatic carbocycles. The maximum absolute atomic E-state index is 11.0. The number of phenols is 1. The van der Waals surface area contributed by atoms with Crippen molar-refractivity contribution in [2.75, 3.05) is 19.6 Å². The highest BCUT2D eigenvalue weighted by Gasteiger charge is 2.48. The predicted octanol–water partition coefficient (Wildman–Crippen LogP) is 2.74. The lowest BCUT2D eigenvalue weighted by Gasteiger charge is -2.27. The van der Waals surface area contributed by atoms with Gasteiger partial charge in [-0.25, -0.2) is 0 Å². The number of benzene rings is 2. The molecule has 1 aliphatic heterocycles. The molecular formula is C22H27NO3. The molecule has 2 aromatic carbocycles. The Kier molecular flexibility index (Phi) is 4.74. The van der Waals surface area contributed by atoms with E-state index in [-0.39, 0.29) is 5.75 Å². The minimum Gasteiger partial charge on any atom is -0.508 e. The lowest BCUT2D eigenvalue weighted by atomic mass is 9.91. The summed E-state index contributed by atoms with van der Waals surface area (Å²) in [5.74, 6) is 1.24. The first-order chi connectivity index (χ1) is 12.5. The molecule has 1 heterocycles. The van der Waals surface area contributed by atoms with Gasteiger partial charge in [-0.2, -0.15) is 0 Å². The van der Waals surface area contributed by atoms with Gasteiger partial charge in [-0.3, -0.25) is 4.90 Å². The van der Waals surface area contributed by atoms with E-state index in [1.165, 1.54) is 5.56 Å². The Balaban J connectivity index is 1.32. The number of β-amino-alcohol motifs (C(OH)–C–C–N with tert-alkyl or cyclic N) is 1. The van der Waals surface area contributed by atoms with Crippen LogP contribution in [-0.4, -0.2) is 45.5 Å². The molecule has 4 rings (SSSR count). The minimum atomic E-state index is -0.585. The molecule has 2 aromatic rings. The van der Waals surface area contributed by atoms with Crippen molar-refractivity contribution in [3.05, 3.63) is 65.7 Å². The SMILES string of the molecule is Oc1ccc(C(O)CN2C[C@@H]3C[C@](O)(Cc4ccccc4)C[C@@H]3C2)cc1. The molecule has 4 nitrogen and oxygen atoms in total. The lowest BCUT2D eigenvalue weighted by Crippen LogP contribution is -2.33. The number of aromatic hydroxyl groups is 1. The molecule has 1 saturated heterocycles. The average Bonchev–Trinajstić information content (AvgIpc) is 3.10. The van der Waals surface area contributed by atoms with Crippen molar-refractivity contribution in [1.82, 2.24) is 4.90 Å². The van der Waals surface area contributed by atoms with E-state index in [0.717, 1.165) is 37.9 Å². The van der Waals surface area contributed by atoms with Crippen LogP contribution in [0.25, 0.3) is 0 Å². The summed E-state index contributed by atoms with van der Waals surface area (Å²) in [5, 5.41) is 30.9. The molecule has 0 spiro atoms. The van der Waals surface area contributed by atoms with Crippen LogP contribution < -0.4 is 0 Å². The van der Waals surface area contributed by atoms with Crippen molar-refractivity contribution >= 4 is 0 Å². The molecule has 138 valence electrons. The molecule has 3 N–H and O–H groups in total. The first-order valence-corrected chi connectivity index (χ1v) is 9.46. The largest absolute Gasteiger partial charge is 0.508 e. The maximum Gasteiger partial charge on any atom is 0.115 e. The third-order valence-electron chi connectivity index (χ3n) is 6.02. The second kappa shape index (κ2) is 7.03. The van der Waals surface area contributed by atoms with Crippen LogP contribution in [-0.2, 0) is 6.42 Å². The molecule has 4 atom stereocenters. The number of hydrogen-bond acceptors (Lipinski definition) is 4. The molecule has 1 unspecified atom stereocenters. The van der Waals surface area contributed by atoms with E-state index in [0.29, 0.717) is 18.4 Å². The number of rotatable bonds is 5. The normalized spacial score (nSPS) is 29.6. The molecule has 0 bridgehead atoms. The van der Waals surface area contributed by atoms with Gasteiger partial charge >= 0.3 is 0 Å². The average molecular weight is 353 g/mol. The fraction of sp³-hybridized carbons (Fsp3) is 0.455. The standard InChI is InChI=1S/C22H27NO3/c24-20-8-6-17(7-9-20)21(25)15-23-13-18-11-22(26,12-19(18)14-23)10-16-4-2-1-3-5-16/h1-9,18-19,21,24-26H,10-15H2/t18-,19+,21?,22+. The van der Waals surface area contributed by atoms with E-state index in [1.807, 2.05) is 18.2 Å². The molecule has 0 radical (unpaired) electrons. The number of phenolic OH excluding ortho intramolecular Hbond substituents is 1. The molecule has 2 aliphatic rings. The molecule has 1 saturated carbocycles. The van der Waals surface area contributed by atoms with Crippen molar-refractivity contribution in [1.29, 1.82) is 0 Å². The van der Waals surface area contributed by atoms with Gasteiger partial charge in [0.25, 0.3) is 0 Å². The van der Waals surface area contributed by atoms with Crippen molar-refractivity contribution in [3.63, 3.8) is 0 Å². The van der Waals surface area contributed by atoms with E-state index < -0.39 is 11.7 Å². The van der Waals surface area contributed by atoms with E-state index in [9.17, 15) is 15.3 Å². The second-order valence-corrected chi connectivity index (χ2v) is 8.14. The number of hydrogen-bond donors (Lipinski definition) is 3. The molecule has 0 amide bonds. The van der Waals surface area contributed by atoms with E-state index in [4.69, 9.17) is 0 Å². The molecule has 26 heavy (non-hydrogen) atoms. The van der Waals surface area contributed by atoms with Crippen LogP contribution in [0.1, 0.15) is 30.1 Å². The number of nitrogens with zero attached hydrogens (tertiary/aromatic N) is 1. The van der Waals surface area contributed by atoms with Gasteiger partial charge in [-0.15, -0.1) is 0 Å². The summed E-state index contributed by atoms with van der Waals surface area (Å²) in [6, 6.07) is 17.0. The van der Waals surface area contributed by atoms with Gasteiger partial charge in [-0.05, 0) is 47.9 Å². The smallest absolute Gasteiger partial charge is 0.115 e. The highest BCUT2D eigenvalue weighted by molar-refractivity contribution is 5.27. The first-order valence-electron chi connectivity index (χ1n) is 9.46. The van der Waals surface area contributed by atoms with Gasteiger partial charge in [0.05, 0.1) is 11.7 Å². The number of likely N-dealkylation sites (tertiary alicyclic amines) is 1.